The van der Waals surface area contributed by atoms with Crippen molar-refractivity contribution < 1.29 is 4.74 Å². The number of anilines is 1. The lowest BCUT2D eigenvalue weighted by Crippen LogP contribution is -1.99. The van der Waals surface area contributed by atoms with Crippen molar-refractivity contribution in [2.45, 2.75) is 19.4 Å². The maximum atomic E-state index is 5.76. The maximum absolute atomic E-state index is 5.76. The van der Waals surface area contributed by atoms with Gasteiger partial charge in [-0.05, 0) is 46.3 Å². The molecule has 1 aromatic rings. The molecule has 2 nitrogen and oxygen atoms in total. The van der Waals surface area contributed by atoms with Crippen LogP contribution in [0.3, 0.4) is 0 Å². The average Bonchev–Trinajstić information content (AvgIpc) is 2.96. The summed E-state index contributed by atoms with van der Waals surface area (Å²) in [6, 6.07) is 5.87. The van der Waals surface area contributed by atoms with Gasteiger partial charge in [0, 0.05) is 16.8 Å². The molecule has 0 radical (unpaired) electrons. The van der Waals surface area contributed by atoms with Crippen LogP contribution in [0.2, 0.25) is 0 Å². The molecule has 0 atom stereocenters. The standard InChI is InChI=1S/C11H14BrNO/c12-11-9(2-1-3-10(11)13)7-14-6-8-4-5-8/h1-3,8H,4-7,13H2. The van der Waals surface area contributed by atoms with E-state index in [-0.39, 0.29) is 0 Å². The van der Waals surface area contributed by atoms with Gasteiger partial charge < -0.3 is 10.5 Å². The number of halogens is 1. The van der Waals surface area contributed by atoms with Gasteiger partial charge in [-0.15, -0.1) is 0 Å². The molecular weight excluding hydrogens is 242 g/mol. The van der Waals surface area contributed by atoms with E-state index in [2.05, 4.69) is 15.9 Å². The van der Waals surface area contributed by atoms with E-state index < -0.39 is 0 Å². The van der Waals surface area contributed by atoms with Crippen molar-refractivity contribution in [2.75, 3.05) is 12.3 Å². The molecular formula is C11H14BrNO. The topological polar surface area (TPSA) is 35.2 Å². The van der Waals surface area contributed by atoms with Crippen molar-refractivity contribution in [2.24, 2.45) is 5.92 Å². The molecule has 0 aliphatic heterocycles. The third-order valence-corrected chi connectivity index (χ3v) is 3.38. The van der Waals surface area contributed by atoms with E-state index in [0.29, 0.717) is 6.61 Å². The van der Waals surface area contributed by atoms with Gasteiger partial charge in [-0.2, -0.15) is 0 Å². The fourth-order valence-electron chi connectivity index (χ4n) is 1.33. The first-order valence-corrected chi connectivity index (χ1v) is 5.67. The van der Waals surface area contributed by atoms with E-state index in [0.717, 1.165) is 28.2 Å². The molecule has 1 aromatic carbocycles. The quantitative estimate of drug-likeness (QED) is 0.840. The zero-order valence-electron chi connectivity index (χ0n) is 8.00. The highest BCUT2D eigenvalue weighted by molar-refractivity contribution is 9.10. The summed E-state index contributed by atoms with van der Waals surface area (Å²) in [5, 5.41) is 0. The fraction of sp³-hybridized carbons (Fsp3) is 0.455. The third-order valence-electron chi connectivity index (χ3n) is 2.42. The third kappa shape index (κ3) is 2.49. The molecule has 0 saturated heterocycles. The SMILES string of the molecule is Nc1cccc(COCC2CC2)c1Br. The number of nitrogen functional groups attached to an aromatic ring is 1. The molecule has 1 aliphatic carbocycles. The molecule has 2 rings (SSSR count). The minimum Gasteiger partial charge on any atom is -0.398 e. The number of hydrogen-bond acceptors (Lipinski definition) is 2. The van der Waals surface area contributed by atoms with Crippen LogP contribution in [-0.4, -0.2) is 6.61 Å². The summed E-state index contributed by atoms with van der Waals surface area (Å²) >= 11 is 3.46. The van der Waals surface area contributed by atoms with Crippen molar-refractivity contribution >= 4 is 21.6 Å². The normalized spacial score (nSPS) is 15.8. The molecule has 1 saturated carbocycles. The molecule has 0 aromatic heterocycles. The average molecular weight is 256 g/mol. The first kappa shape index (κ1) is 9.99. The molecule has 76 valence electrons. The molecule has 14 heavy (non-hydrogen) atoms. The summed E-state index contributed by atoms with van der Waals surface area (Å²) in [4.78, 5) is 0. The van der Waals surface area contributed by atoms with Gasteiger partial charge in [0.2, 0.25) is 0 Å². The maximum Gasteiger partial charge on any atom is 0.0728 e. The van der Waals surface area contributed by atoms with Gasteiger partial charge in [-0.1, -0.05) is 12.1 Å². The molecule has 1 aliphatic rings. The zero-order chi connectivity index (χ0) is 9.97. The second kappa shape index (κ2) is 4.32. The van der Waals surface area contributed by atoms with Crippen LogP contribution in [0.1, 0.15) is 18.4 Å². The van der Waals surface area contributed by atoms with E-state index in [1.54, 1.807) is 0 Å². The molecule has 0 unspecified atom stereocenters. The minimum atomic E-state index is 0.655. The number of nitrogens with two attached hydrogens (primary N) is 1. The van der Waals surface area contributed by atoms with Crippen LogP contribution in [0.25, 0.3) is 0 Å². The number of rotatable bonds is 4. The number of hydrogen-bond donors (Lipinski definition) is 1. The Labute approximate surface area is 92.6 Å². The zero-order valence-corrected chi connectivity index (χ0v) is 9.59. The van der Waals surface area contributed by atoms with Crippen molar-refractivity contribution in [1.82, 2.24) is 0 Å². The summed E-state index contributed by atoms with van der Waals surface area (Å²) < 4.78 is 6.56. The van der Waals surface area contributed by atoms with Gasteiger partial charge in [0.05, 0.1) is 6.61 Å². The number of benzene rings is 1. The van der Waals surface area contributed by atoms with Gasteiger partial charge >= 0.3 is 0 Å². The lowest BCUT2D eigenvalue weighted by atomic mass is 10.2. The first-order valence-electron chi connectivity index (χ1n) is 4.88. The Bertz CT molecular complexity index is 323. The second-order valence-electron chi connectivity index (χ2n) is 3.78. The van der Waals surface area contributed by atoms with Gasteiger partial charge in [0.15, 0.2) is 0 Å². The Kier molecular flexibility index (Phi) is 3.08. The Hall–Kier alpha value is -0.540. The van der Waals surface area contributed by atoms with Crippen LogP contribution in [0, 0.1) is 5.92 Å². The molecule has 0 bridgehead atoms. The predicted molar refractivity (Wildman–Crippen MR) is 60.9 cm³/mol. The van der Waals surface area contributed by atoms with E-state index in [4.69, 9.17) is 10.5 Å². The first-order chi connectivity index (χ1) is 6.77. The molecule has 0 heterocycles. The van der Waals surface area contributed by atoms with Gasteiger partial charge in [0.25, 0.3) is 0 Å². The fourth-order valence-corrected chi connectivity index (χ4v) is 1.71. The largest absolute Gasteiger partial charge is 0.398 e. The lowest BCUT2D eigenvalue weighted by Gasteiger charge is -2.07. The van der Waals surface area contributed by atoms with Crippen molar-refractivity contribution in [1.29, 1.82) is 0 Å². The van der Waals surface area contributed by atoms with Crippen LogP contribution in [0.4, 0.5) is 5.69 Å². The van der Waals surface area contributed by atoms with Crippen LogP contribution >= 0.6 is 15.9 Å². The van der Waals surface area contributed by atoms with Crippen LogP contribution < -0.4 is 5.73 Å². The summed E-state index contributed by atoms with van der Waals surface area (Å²) in [5.41, 5.74) is 7.67. The monoisotopic (exact) mass is 255 g/mol. The Morgan fingerprint density at radius 3 is 2.93 bits per heavy atom. The highest BCUT2D eigenvalue weighted by atomic mass is 79.9. The molecule has 0 spiro atoms. The smallest absolute Gasteiger partial charge is 0.0728 e. The summed E-state index contributed by atoms with van der Waals surface area (Å²) in [6.45, 7) is 1.55. The van der Waals surface area contributed by atoms with Crippen molar-refractivity contribution in [3.8, 4) is 0 Å². The van der Waals surface area contributed by atoms with Gasteiger partial charge in [-0.25, -0.2) is 0 Å². The van der Waals surface area contributed by atoms with Crippen molar-refractivity contribution in [3.63, 3.8) is 0 Å². The van der Waals surface area contributed by atoms with Crippen molar-refractivity contribution in [3.05, 3.63) is 28.2 Å². The Balaban J connectivity index is 1.90. The van der Waals surface area contributed by atoms with Gasteiger partial charge in [-0.3, -0.25) is 0 Å². The van der Waals surface area contributed by atoms with Crippen LogP contribution in [0.5, 0.6) is 0 Å². The summed E-state index contributed by atoms with van der Waals surface area (Å²) in [6.07, 6.45) is 2.66. The molecule has 3 heteroatoms. The van der Waals surface area contributed by atoms with Gasteiger partial charge in [0.1, 0.15) is 0 Å². The Morgan fingerprint density at radius 2 is 2.21 bits per heavy atom. The van der Waals surface area contributed by atoms with Crippen LogP contribution in [-0.2, 0) is 11.3 Å². The Morgan fingerprint density at radius 1 is 1.43 bits per heavy atom. The summed E-state index contributed by atoms with van der Waals surface area (Å²) in [5.74, 6) is 0.815. The number of ether oxygens (including phenoxy) is 1. The molecule has 2 N–H and O–H groups in total. The molecule has 0 amide bonds. The van der Waals surface area contributed by atoms with E-state index in [1.807, 2.05) is 18.2 Å². The van der Waals surface area contributed by atoms with E-state index in [1.165, 1.54) is 12.8 Å². The van der Waals surface area contributed by atoms with Crippen LogP contribution in [0.15, 0.2) is 22.7 Å². The van der Waals surface area contributed by atoms with E-state index in [9.17, 15) is 0 Å². The minimum absolute atomic E-state index is 0.655. The summed E-state index contributed by atoms with van der Waals surface area (Å²) in [7, 11) is 0. The molecule has 1 fully saturated rings. The highest BCUT2D eigenvalue weighted by Gasteiger charge is 2.21. The predicted octanol–water partition coefficient (Wildman–Crippen LogP) is 2.96. The lowest BCUT2D eigenvalue weighted by molar-refractivity contribution is 0.111. The highest BCUT2D eigenvalue weighted by Crippen LogP contribution is 2.30. The van der Waals surface area contributed by atoms with E-state index >= 15 is 0 Å². The second-order valence-corrected chi connectivity index (χ2v) is 4.57.